The van der Waals surface area contributed by atoms with Gasteiger partial charge in [-0.2, -0.15) is 0 Å². The lowest BCUT2D eigenvalue weighted by atomic mass is 10.0. The smallest absolute Gasteiger partial charge is 0.254 e. The Morgan fingerprint density at radius 3 is 2.64 bits per heavy atom. The number of hydrogen-bond acceptors (Lipinski definition) is 5. The van der Waals surface area contributed by atoms with Crippen molar-refractivity contribution in [3.8, 4) is 16.9 Å². The van der Waals surface area contributed by atoms with Crippen molar-refractivity contribution in [1.29, 1.82) is 0 Å². The van der Waals surface area contributed by atoms with Crippen LogP contribution < -0.4 is 4.74 Å². The fourth-order valence-corrected chi connectivity index (χ4v) is 5.20. The Hall–Kier alpha value is -3.72. The average molecular weight is 508 g/mol. The summed E-state index contributed by atoms with van der Waals surface area (Å²) in [5.74, 6) is 0.855. The number of nitrogens with zero attached hydrogens (tertiary/aromatic N) is 2. The minimum atomic E-state index is -3.36. The number of sulfone groups is 1. The van der Waals surface area contributed by atoms with Crippen LogP contribution >= 0.6 is 0 Å². The molecule has 1 aliphatic rings. The highest BCUT2D eigenvalue weighted by atomic mass is 32.2. The third-order valence-corrected chi connectivity index (χ3v) is 7.54. The molecule has 0 saturated carbocycles. The number of fused-ring (bicyclic) bond motifs is 2. The molecule has 186 valence electrons. The molecule has 0 radical (unpaired) electrons. The molecule has 4 aromatic rings. The van der Waals surface area contributed by atoms with E-state index in [0.717, 1.165) is 34.2 Å². The molecule has 1 aliphatic heterocycles. The Balaban J connectivity index is 1.45. The lowest BCUT2D eigenvalue weighted by Gasteiger charge is -2.22. The summed E-state index contributed by atoms with van der Waals surface area (Å²) in [5, 5.41) is 0. The molecule has 5 rings (SSSR count). The van der Waals surface area contributed by atoms with E-state index in [4.69, 9.17) is 4.74 Å². The molecular formula is C27H26FN3O4S. The number of rotatable bonds is 5. The Labute approximate surface area is 208 Å². The van der Waals surface area contributed by atoms with Gasteiger partial charge in [-0.1, -0.05) is 19.1 Å². The van der Waals surface area contributed by atoms with Crippen LogP contribution in [0.4, 0.5) is 4.39 Å². The van der Waals surface area contributed by atoms with Crippen molar-refractivity contribution < 1.29 is 22.3 Å². The number of carbonyl (C=O) groups excluding carboxylic acids is 1. The largest absolute Gasteiger partial charge is 0.491 e. The van der Waals surface area contributed by atoms with Gasteiger partial charge in [-0.25, -0.2) is 17.8 Å². The fourth-order valence-electron chi connectivity index (χ4n) is 4.52. The summed E-state index contributed by atoms with van der Waals surface area (Å²) in [6, 6.07) is 16.3. The van der Waals surface area contributed by atoms with Crippen LogP contribution in [0.1, 0.15) is 34.2 Å². The van der Waals surface area contributed by atoms with Crippen molar-refractivity contribution in [2.75, 3.05) is 19.4 Å². The highest BCUT2D eigenvalue weighted by Crippen LogP contribution is 2.31. The van der Waals surface area contributed by atoms with Gasteiger partial charge >= 0.3 is 0 Å². The molecule has 0 bridgehead atoms. The molecule has 1 amide bonds. The minimum absolute atomic E-state index is 0.161. The van der Waals surface area contributed by atoms with Gasteiger partial charge in [0.05, 0.1) is 22.5 Å². The summed E-state index contributed by atoms with van der Waals surface area (Å²) in [4.78, 5) is 22.7. The van der Waals surface area contributed by atoms with Crippen LogP contribution in [-0.4, -0.2) is 48.6 Å². The van der Waals surface area contributed by atoms with E-state index in [1.807, 2.05) is 43.3 Å². The normalized spacial score (nSPS) is 13.8. The van der Waals surface area contributed by atoms with E-state index < -0.39 is 16.5 Å². The average Bonchev–Trinajstić information content (AvgIpc) is 3.17. The Morgan fingerprint density at radius 1 is 1.11 bits per heavy atom. The number of aromatic nitrogens is 2. The number of nitrogens with one attached hydrogen (secondary N) is 1. The molecule has 3 aromatic carbocycles. The molecule has 0 aliphatic carbocycles. The van der Waals surface area contributed by atoms with E-state index in [-0.39, 0.29) is 10.8 Å². The number of carbonyl (C=O) groups is 1. The third kappa shape index (κ3) is 4.58. The molecule has 0 spiro atoms. The van der Waals surface area contributed by atoms with Crippen molar-refractivity contribution >= 4 is 26.8 Å². The summed E-state index contributed by atoms with van der Waals surface area (Å²) >= 11 is 0. The monoisotopic (exact) mass is 507 g/mol. The van der Waals surface area contributed by atoms with Crippen LogP contribution in [0.2, 0.25) is 0 Å². The first-order valence-corrected chi connectivity index (χ1v) is 13.6. The van der Waals surface area contributed by atoms with E-state index in [1.165, 1.54) is 6.07 Å². The van der Waals surface area contributed by atoms with Gasteiger partial charge < -0.3 is 14.6 Å². The van der Waals surface area contributed by atoms with Gasteiger partial charge in [-0.3, -0.25) is 4.79 Å². The summed E-state index contributed by atoms with van der Waals surface area (Å²) in [6.07, 6.45) is 1.70. The van der Waals surface area contributed by atoms with Gasteiger partial charge in [0.1, 0.15) is 24.9 Å². The van der Waals surface area contributed by atoms with Crippen molar-refractivity contribution in [3.63, 3.8) is 0 Å². The molecule has 1 aromatic heterocycles. The Morgan fingerprint density at radius 2 is 1.89 bits per heavy atom. The van der Waals surface area contributed by atoms with Gasteiger partial charge in [0.15, 0.2) is 9.84 Å². The molecular weight excluding hydrogens is 481 g/mol. The van der Waals surface area contributed by atoms with E-state index >= 15 is 0 Å². The maximum atomic E-state index is 13.5. The predicted octanol–water partition coefficient (Wildman–Crippen LogP) is 4.70. The summed E-state index contributed by atoms with van der Waals surface area (Å²) in [6.45, 7) is 2.37. The molecule has 7 nitrogen and oxygen atoms in total. The van der Waals surface area contributed by atoms with Gasteiger partial charge in [0.25, 0.3) is 5.91 Å². The Bertz CT molecular complexity index is 1580. The van der Waals surface area contributed by atoms with E-state index in [2.05, 4.69) is 9.97 Å². The zero-order valence-corrected chi connectivity index (χ0v) is 20.9. The molecule has 0 unspecified atom stereocenters. The SMILES string of the molecule is CCc1cc(S(C)(=O)=O)ccc1C(=O)N1CCOc2ccc(-c3ccc4nc(CF)[nH]c4c3)cc2C1. The van der Waals surface area contributed by atoms with Gasteiger partial charge in [-0.05, 0) is 65.6 Å². The highest BCUT2D eigenvalue weighted by Gasteiger charge is 2.24. The fraction of sp³-hybridized carbons (Fsp3) is 0.259. The molecule has 9 heteroatoms. The van der Waals surface area contributed by atoms with Crippen LogP contribution in [0, 0.1) is 0 Å². The molecule has 36 heavy (non-hydrogen) atoms. The topological polar surface area (TPSA) is 92.4 Å². The lowest BCUT2D eigenvalue weighted by Crippen LogP contribution is -2.33. The number of aryl methyl sites for hydroxylation is 1. The first-order chi connectivity index (χ1) is 17.3. The number of amides is 1. The number of imidazole rings is 1. The number of H-pyrrole nitrogens is 1. The summed E-state index contributed by atoms with van der Waals surface area (Å²) in [5.41, 5.74) is 5.41. The number of alkyl halides is 1. The second-order valence-electron chi connectivity index (χ2n) is 8.89. The molecule has 1 N–H and O–H groups in total. The molecule has 0 atom stereocenters. The van der Waals surface area contributed by atoms with Crippen molar-refractivity contribution in [2.24, 2.45) is 0 Å². The van der Waals surface area contributed by atoms with E-state index in [1.54, 1.807) is 17.0 Å². The summed E-state index contributed by atoms with van der Waals surface area (Å²) < 4.78 is 42.9. The van der Waals surface area contributed by atoms with Crippen molar-refractivity contribution in [1.82, 2.24) is 14.9 Å². The second kappa shape index (κ2) is 9.39. The van der Waals surface area contributed by atoms with Crippen LogP contribution in [0.3, 0.4) is 0 Å². The van der Waals surface area contributed by atoms with Crippen LogP contribution in [0.5, 0.6) is 5.75 Å². The standard InChI is InChI=1S/C27H26FN3O4S/c1-3-17-13-21(36(2,33)34)6-7-22(17)27(32)31-10-11-35-25-9-5-18(12-20(25)16-31)19-4-8-23-24(14-19)30-26(15-28)29-23/h4-9,12-14H,3,10-11,15-16H2,1-2H3,(H,29,30). The quantitative estimate of drug-likeness (QED) is 0.423. The molecule has 0 fully saturated rings. The predicted molar refractivity (Wildman–Crippen MR) is 136 cm³/mol. The van der Waals surface area contributed by atoms with Crippen molar-refractivity contribution in [3.05, 3.63) is 77.1 Å². The maximum Gasteiger partial charge on any atom is 0.254 e. The van der Waals surface area contributed by atoms with E-state index in [9.17, 15) is 17.6 Å². The minimum Gasteiger partial charge on any atom is -0.491 e. The maximum absolute atomic E-state index is 13.5. The zero-order chi connectivity index (χ0) is 25.4. The lowest BCUT2D eigenvalue weighted by molar-refractivity contribution is 0.0732. The van der Waals surface area contributed by atoms with Gasteiger partial charge in [0, 0.05) is 23.9 Å². The second-order valence-corrected chi connectivity index (χ2v) is 10.9. The number of benzene rings is 3. The first kappa shape index (κ1) is 24.0. The molecule has 2 heterocycles. The number of halogens is 1. The van der Waals surface area contributed by atoms with Gasteiger partial charge in [-0.15, -0.1) is 0 Å². The van der Waals surface area contributed by atoms with Crippen LogP contribution in [0.15, 0.2) is 59.5 Å². The highest BCUT2D eigenvalue weighted by molar-refractivity contribution is 7.90. The van der Waals surface area contributed by atoms with Gasteiger partial charge in [0.2, 0.25) is 0 Å². The zero-order valence-electron chi connectivity index (χ0n) is 20.0. The van der Waals surface area contributed by atoms with Crippen molar-refractivity contribution in [2.45, 2.75) is 31.5 Å². The Kier molecular flexibility index (Phi) is 6.26. The van der Waals surface area contributed by atoms with Crippen LogP contribution in [-0.2, 0) is 29.5 Å². The number of ether oxygens (including phenoxy) is 1. The van der Waals surface area contributed by atoms with E-state index in [0.29, 0.717) is 48.6 Å². The molecule has 0 saturated heterocycles. The first-order valence-electron chi connectivity index (χ1n) is 11.7. The third-order valence-electron chi connectivity index (χ3n) is 6.43. The van der Waals surface area contributed by atoms with Crippen LogP contribution in [0.25, 0.3) is 22.2 Å². The number of aromatic amines is 1. The number of hydrogen-bond donors (Lipinski definition) is 1. The summed E-state index contributed by atoms with van der Waals surface area (Å²) in [7, 11) is -3.36.